The Hall–Kier alpha value is -1.94. The van der Waals surface area contributed by atoms with Crippen molar-refractivity contribution < 1.29 is 80.2 Å². The number of carbonyl (C=O) groups excluding carboxylic acids is 4. The molecule has 0 rings (SSSR count). The van der Waals surface area contributed by atoms with Crippen LogP contribution in [-0.4, -0.2) is 96.7 Å². The molecule has 570 valence electrons. The van der Waals surface area contributed by atoms with Crippen molar-refractivity contribution in [3.8, 4) is 0 Å². The lowest BCUT2D eigenvalue weighted by atomic mass is 10.00. The Kier molecular flexibility index (Phi) is 68.7. The first kappa shape index (κ1) is 94.1. The maximum absolute atomic E-state index is 13.1. The van der Waals surface area contributed by atoms with E-state index in [9.17, 15) is 43.2 Å². The Morgan fingerprint density at radius 2 is 0.500 bits per heavy atom. The van der Waals surface area contributed by atoms with Crippen molar-refractivity contribution in [3.05, 3.63) is 0 Å². The quantitative estimate of drug-likeness (QED) is 0.0222. The van der Waals surface area contributed by atoms with Gasteiger partial charge in [0.25, 0.3) is 0 Å². The zero-order valence-electron chi connectivity index (χ0n) is 62.5. The van der Waals surface area contributed by atoms with Crippen LogP contribution in [0.3, 0.4) is 0 Å². The van der Waals surface area contributed by atoms with Gasteiger partial charge in [0.2, 0.25) is 0 Å². The zero-order valence-corrected chi connectivity index (χ0v) is 64.3. The SMILES string of the molecule is CCCCCCCCCCCCCCCCCCCCCCCCC(=O)O[C@H](COC(=O)CCCCCCCCCCCCCCCC)COP(=O)(O)OC[C@@H](O)COP(=O)(O)OC[C@@H](COC(=O)CCCCCCCCCCCC)OC(=O)CCCCCCCCC(C)CC. The molecule has 0 aliphatic heterocycles. The van der Waals surface area contributed by atoms with Gasteiger partial charge in [-0.1, -0.05) is 356 Å². The van der Waals surface area contributed by atoms with Gasteiger partial charge >= 0.3 is 39.5 Å². The minimum absolute atomic E-state index is 0.104. The number of ether oxygens (including phenoxy) is 4. The predicted octanol–water partition coefficient (Wildman–Crippen LogP) is 22.9. The fourth-order valence-corrected chi connectivity index (χ4v) is 13.4. The van der Waals surface area contributed by atoms with E-state index in [0.717, 1.165) is 95.8 Å². The second-order valence-electron chi connectivity index (χ2n) is 28.0. The first-order valence-electron chi connectivity index (χ1n) is 40.2. The number of esters is 4. The Morgan fingerprint density at radius 3 is 0.740 bits per heavy atom. The van der Waals surface area contributed by atoms with Crippen LogP contribution in [0, 0.1) is 5.92 Å². The molecule has 0 amide bonds. The summed E-state index contributed by atoms with van der Waals surface area (Å²) in [5.74, 6) is -1.40. The van der Waals surface area contributed by atoms with Gasteiger partial charge < -0.3 is 33.8 Å². The highest BCUT2D eigenvalue weighted by Gasteiger charge is 2.30. The molecule has 6 atom stereocenters. The Labute approximate surface area is 588 Å². The molecule has 3 N–H and O–H groups in total. The Bertz CT molecular complexity index is 1840. The summed E-state index contributed by atoms with van der Waals surface area (Å²) < 4.78 is 68.5. The number of phosphoric acid groups is 2. The van der Waals surface area contributed by atoms with E-state index in [-0.39, 0.29) is 25.7 Å². The summed E-state index contributed by atoms with van der Waals surface area (Å²) >= 11 is 0. The average Bonchev–Trinajstić information content (AvgIpc) is 1.24. The third kappa shape index (κ3) is 69.2. The summed E-state index contributed by atoms with van der Waals surface area (Å²) in [6, 6.07) is 0. The van der Waals surface area contributed by atoms with E-state index in [4.69, 9.17) is 37.0 Å². The van der Waals surface area contributed by atoms with Crippen LogP contribution in [-0.2, 0) is 65.4 Å². The standard InChI is InChI=1S/C77H150O17P2/c1-6-10-13-16-19-22-25-27-29-30-31-32-33-34-35-36-38-40-43-46-52-57-62-76(81)93-72(66-87-75(80)61-56-51-45-42-39-37-28-26-23-20-17-14-11-7-2)68-91-95(83,84)89-64-71(78)65-90-96(85,86)92-69-73(94-77(82)63-58-53-48-47-49-54-59-70(5)9-4)67-88-74(79)60-55-50-44-41-24-21-18-15-12-8-3/h70-73,78H,6-69H2,1-5H3,(H,83,84)(H,85,86)/t70?,71-,72-,73-/m1/s1. The average molecular weight is 1410 g/mol. The fourth-order valence-electron chi connectivity index (χ4n) is 11.8. The van der Waals surface area contributed by atoms with Gasteiger partial charge in [0.1, 0.15) is 19.3 Å². The summed E-state index contributed by atoms with van der Waals surface area (Å²) in [5, 5.41) is 10.6. The van der Waals surface area contributed by atoms with Crippen LogP contribution < -0.4 is 0 Å². The Balaban J connectivity index is 5.17. The molecule has 0 aliphatic carbocycles. The maximum Gasteiger partial charge on any atom is 0.472 e. The van der Waals surface area contributed by atoms with E-state index >= 15 is 0 Å². The number of hydrogen-bond donors (Lipinski definition) is 3. The lowest BCUT2D eigenvalue weighted by Gasteiger charge is -2.21. The Morgan fingerprint density at radius 1 is 0.292 bits per heavy atom. The molecular formula is C77H150O17P2. The van der Waals surface area contributed by atoms with Crippen molar-refractivity contribution >= 4 is 39.5 Å². The van der Waals surface area contributed by atoms with Crippen LogP contribution in [0.25, 0.3) is 0 Å². The van der Waals surface area contributed by atoms with Crippen LogP contribution in [0.1, 0.15) is 407 Å². The summed E-state index contributed by atoms with van der Waals surface area (Å²) in [6.45, 7) is 7.24. The molecule has 0 spiro atoms. The number of phosphoric ester groups is 2. The normalized spacial score (nSPS) is 14.2. The smallest absolute Gasteiger partial charge is 0.462 e. The van der Waals surface area contributed by atoms with Crippen molar-refractivity contribution in [1.29, 1.82) is 0 Å². The van der Waals surface area contributed by atoms with Crippen LogP contribution in [0.2, 0.25) is 0 Å². The minimum atomic E-state index is -4.96. The fraction of sp³-hybridized carbons (Fsp3) is 0.948. The van der Waals surface area contributed by atoms with Gasteiger partial charge in [-0.25, -0.2) is 9.13 Å². The summed E-state index contributed by atoms with van der Waals surface area (Å²) in [5.41, 5.74) is 0. The molecule has 0 saturated carbocycles. The predicted molar refractivity (Wildman–Crippen MR) is 391 cm³/mol. The van der Waals surface area contributed by atoms with E-state index in [2.05, 4.69) is 34.6 Å². The van der Waals surface area contributed by atoms with Crippen molar-refractivity contribution in [3.63, 3.8) is 0 Å². The first-order chi connectivity index (χ1) is 46.6. The number of unbranched alkanes of at least 4 members (excludes halogenated alkanes) is 48. The summed E-state index contributed by atoms with van der Waals surface area (Å²) in [6.07, 6.45) is 59.8. The molecule has 96 heavy (non-hydrogen) atoms. The van der Waals surface area contributed by atoms with Crippen molar-refractivity contribution in [1.82, 2.24) is 0 Å². The van der Waals surface area contributed by atoms with Gasteiger partial charge in [0.15, 0.2) is 12.2 Å². The van der Waals surface area contributed by atoms with Crippen molar-refractivity contribution in [2.45, 2.75) is 425 Å². The molecule has 0 bridgehead atoms. The molecule has 3 unspecified atom stereocenters. The molecule has 0 saturated heterocycles. The number of rotatable bonds is 77. The number of aliphatic hydroxyl groups excluding tert-OH is 1. The lowest BCUT2D eigenvalue weighted by molar-refractivity contribution is -0.161. The highest BCUT2D eigenvalue weighted by molar-refractivity contribution is 7.47. The van der Waals surface area contributed by atoms with Gasteiger partial charge in [-0.2, -0.15) is 0 Å². The highest BCUT2D eigenvalue weighted by atomic mass is 31.2. The van der Waals surface area contributed by atoms with Gasteiger partial charge in [0.05, 0.1) is 26.4 Å². The van der Waals surface area contributed by atoms with Crippen molar-refractivity contribution in [2.75, 3.05) is 39.6 Å². The number of aliphatic hydroxyl groups is 1. The van der Waals surface area contributed by atoms with Gasteiger partial charge in [-0.3, -0.25) is 37.3 Å². The van der Waals surface area contributed by atoms with E-state index in [1.165, 1.54) is 231 Å². The van der Waals surface area contributed by atoms with Gasteiger partial charge in [0, 0.05) is 25.7 Å². The van der Waals surface area contributed by atoms with E-state index < -0.39 is 97.5 Å². The van der Waals surface area contributed by atoms with Gasteiger partial charge in [-0.05, 0) is 31.6 Å². The maximum atomic E-state index is 13.1. The second kappa shape index (κ2) is 70.1. The number of carbonyl (C=O) groups is 4. The second-order valence-corrected chi connectivity index (χ2v) is 30.9. The third-order valence-corrected chi connectivity index (χ3v) is 20.3. The molecule has 0 aromatic heterocycles. The summed E-state index contributed by atoms with van der Waals surface area (Å²) in [4.78, 5) is 72.8. The van der Waals surface area contributed by atoms with Crippen LogP contribution in [0.15, 0.2) is 0 Å². The first-order valence-corrected chi connectivity index (χ1v) is 43.2. The molecule has 0 aliphatic rings. The molecular weight excluding hydrogens is 1260 g/mol. The number of hydrogen-bond acceptors (Lipinski definition) is 15. The monoisotopic (exact) mass is 1410 g/mol. The largest absolute Gasteiger partial charge is 0.472 e. The molecule has 17 nitrogen and oxygen atoms in total. The van der Waals surface area contributed by atoms with Crippen molar-refractivity contribution in [2.24, 2.45) is 5.92 Å². The molecule has 19 heteroatoms. The molecule has 0 fully saturated rings. The minimum Gasteiger partial charge on any atom is -0.462 e. The van der Waals surface area contributed by atoms with Crippen LogP contribution in [0.4, 0.5) is 0 Å². The van der Waals surface area contributed by atoms with E-state index in [1.54, 1.807) is 0 Å². The third-order valence-electron chi connectivity index (χ3n) is 18.4. The van der Waals surface area contributed by atoms with Gasteiger partial charge in [-0.15, -0.1) is 0 Å². The van der Waals surface area contributed by atoms with E-state index in [0.29, 0.717) is 25.7 Å². The van der Waals surface area contributed by atoms with Crippen LogP contribution >= 0.6 is 15.6 Å². The summed E-state index contributed by atoms with van der Waals surface area (Å²) in [7, 11) is -9.91. The molecule has 0 aromatic carbocycles. The molecule has 0 radical (unpaired) electrons. The highest BCUT2D eigenvalue weighted by Crippen LogP contribution is 2.45. The van der Waals surface area contributed by atoms with Crippen LogP contribution in [0.5, 0.6) is 0 Å². The zero-order chi connectivity index (χ0) is 70.5. The lowest BCUT2D eigenvalue weighted by Crippen LogP contribution is -2.30. The topological polar surface area (TPSA) is 237 Å². The molecule has 0 heterocycles. The van der Waals surface area contributed by atoms with E-state index in [1.807, 2.05) is 0 Å². The molecule has 0 aromatic rings.